The Labute approximate surface area is 446 Å². The number of hydrogen-bond donors (Lipinski definition) is 0. The molecule has 2 spiro atoms. The Bertz CT molecular complexity index is 7390. The second kappa shape index (κ2) is 7.80. The minimum atomic E-state index is -0.381. The molecule has 348 valence electrons. The molecule has 0 aromatic heterocycles. The van der Waals surface area contributed by atoms with E-state index >= 15 is 0 Å². The molecule has 0 saturated heterocycles. The standard InChI is InChI=1S/C79H20O2/c1-15(16-9-4-2-5-10-16)81-18(80)13-8-14-77(17-11-6-3-7-12-17)78-73-65-57-47-37-29-21-19-20-23-27-25(21)33-41-35(27)45-39-31(23)32-24(20)28-26-22(19)30(29)38-44-34(26)42-36(28)46-40(32)50-49(39)59-53(45)63-55(41)61(51(57)43(33)37)69(73)71(63)75-67(59)68-60(50)54(46)64-56(42)62-52(44)58(48(38)47)66(65)74(78)70(62)72(64)76(68)79(75,77)78/h2-7,9-12,15H,8,13-14H2,1H3. The molecule has 0 bridgehead atoms. The first kappa shape index (κ1) is 32.4. The molecule has 0 radical (unpaired) electrons. The first-order chi connectivity index (χ1) is 40.2. The minimum absolute atomic E-state index is 0.0785. The number of carbonyl (C=O) groups is 1. The van der Waals surface area contributed by atoms with E-state index in [0.717, 1.165) is 18.4 Å². The van der Waals surface area contributed by atoms with Gasteiger partial charge in [-0.3, -0.25) is 4.79 Å². The molecule has 81 heavy (non-hydrogen) atoms. The summed E-state index contributed by atoms with van der Waals surface area (Å²) < 4.78 is 6.45. The molecule has 1 saturated carbocycles. The molecule has 30 aromatic carbocycles. The first-order valence-corrected chi connectivity index (χ1v) is 30.3. The quantitative estimate of drug-likeness (QED) is 0.117. The highest BCUT2D eigenvalue weighted by molar-refractivity contribution is 6.82. The monoisotopic (exact) mass is 1000 g/mol. The molecular formula is C79H20O2. The molecule has 1 fully saturated rings. The van der Waals surface area contributed by atoms with Crippen molar-refractivity contribution in [3.63, 3.8) is 0 Å². The lowest BCUT2D eigenvalue weighted by Gasteiger charge is -2.32. The number of ether oxygens (including phenoxy) is 1. The van der Waals surface area contributed by atoms with Crippen LogP contribution in [0.5, 0.6) is 0 Å². The molecule has 0 heterocycles. The van der Waals surface area contributed by atoms with Gasteiger partial charge in [-0.25, -0.2) is 0 Å². The zero-order chi connectivity index (χ0) is 49.2. The van der Waals surface area contributed by atoms with Crippen LogP contribution in [-0.2, 0) is 25.8 Å². The van der Waals surface area contributed by atoms with E-state index in [4.69, 9.17) is 4.74 Å². The van der Waals surface area contributed by atoms with Crippen molar-refractivity contribution in [2.75, 3.05) is 0 Å². The van der Waals surface area contributed by atoms with Gasteiger partial charge >= 0.3 is 5.97 Å². The number of benzene rings is 20. The maximum Gasteiger partial charge on any atom is 0.306 e. The normalized spacial score (nSPS) is 22.9. The second-order valence-corrected chi connectivity index (χ2v) is 28.9. The third-order valence-electron chi connectivity index (χ3n) is 28.3. The van der Waals surface area contributed by atoms with Crippen LogP contribution in [0, 0.1) is 0 Å². The summed E-state index contributed by atoms with van der Waals surface area (Å²) in [4.78, 5) is 14.7. The average molecular weight is 1000 g/mol. The Hall–Kier alpha value is -9.63. The molecular weight excluding hydrogens is 981 g/mol. The van der Waals surface area contributed by atoms with E-state index in [0.29, 0.717) is 6.42 Å². The average Bonchev–Trinajstić information content (AvgIpc) is 1.41. The van der Waals surface area contributed by atoms with Crippen LogP contribution in [0.25, 0.3) is 291 Å². The summed E-state index contributed by atoms with van der Waals surface area (Å²) in [7, 11) is 0. The second-order valence-electron chi connectivity index (χ2n) is 28.9. The summed E-state index contributed by atoms with van der Waals surface area (Å²) in [5.74, 6) is -0.0785. The van der Waals surface area contributed by atoms with Gasteiger partial charge in [-0.15, -0.1) is 0 Å². The highest BCUT2D eigenvalue weighted by Crippen LogP contribution is 2.97. The molecule has 2 nitrogen and oxygen atoms in total. The minimum Gasteiger partial charge on any atom is -0.458 e. The van der Waals surface area contributed by atoms with Gasteiger partial charge in [0.05, 0.1) is 0 Å². The maximum absolute atomic E-state index is 14.7. The maximum atomic E-state index is 14.7. The lowest BCUT2D eigenvalue weighted by molar-refractivity contribution is -0.148. The van der Waals surface area contributed by atoms with E-state index in [2.05, 4.69) is 61.5 Å². The Morgan fingerprint density at radius 2 is 0.519 bits per heavy atom. The number of rotatable bonds is 7. The summed E-state index contributed by atoms with van der Waals surface area (Å²) in [6.45, 7) is 2.05. The van der Waals surface area contributed by atoms with Gasteiger partial charge in [0.15, 0.2) is 0 Å². The van der Waals surface area contributed by atoms with Gasteiger partial charge in [-0.2, -0.15) is 0 Å². The van der Waals surface area contributed by atoms with Gasteiger partial charge in [0.25, 0.3) is 0 Å². The van der Waals surface area contributed by atoms with E-state index in [1.165, 1.54) is 5.56 Å². The van der Waals surface area contributed by atoms with Crippen LogP contribution >= 0.6 is 0 Å². The van der Waals surface area contributed by atoms with Crippen molar-refractivity contribution in [2.24, 2.45) is 0 Å². The Balaban J connectivity index is 0.946. The molecule has 5 aliphatic carbocycles. The van der Waals surface area contributed by atoms with Crippen molar-refractivity contribution in [3.05, 3.63) is 94.0 Å². The molecule has 1 atom stereocenters. The van der Waals surface area contributed by atoms with Crippen molar-refractivity contribution in [1.82, 2.24) is 0 Å². The molecule has 0 amide bonds. The Kier molecular flexibility index (Phi) is 3.12. The fourth-order valence-corrected chi connectivity index (χ4v) is 28.0. The van der Waals surface area contributed by atoms with Gasteiger partial charge < -0.3 is 4.74 Å². The van der Waals surface area contributed by atoms with Gasteiger partial charge in [0.1, 0.15) is 6.10 Å². The fourth-order valence-electron chi connectivity index (χ4n) is 28.0. The van der Waals surface area contributed by atoms with E-state index in [1.54, 1.807) is 313 Å². The SMILES string of the molecule is CC(OC(=O)CCCC1(c2ccccc2)C23c4c5c6c7c8c9c(c%10c%11c2c2c4c4c%12c5c5c6c6c8c8c%13c9c9c%10c%10c%11c%11c2c2c4c4c%12c%12c5c5c6c8c6c8c%13c9c9c%10c%10c%11c2c2c4c4c%12c5c6c5c8c9c%10c2c45)C713)c1ccccc1. The smallest absolute Gasteiger partial charge is 0.306 e. The molecule has 0 aliphatic heterocycles. The largest absolute Gasteiger partial charge is 0.458 e. The summed E-state index contributed by atoms with van der Waals surface area (Å²) in [6, 6.07) is 22.5. The van der Waals surface area contributed by atoms with Crippen LogP contribution in [0.2, 0.25) is 0 Å². The number of esters is 1. The predicted molar refractivity (Wildman–Crippen MR) is 337 cm³/mol. The highest BCUT2D eigenvalue weighted by atomic mass is 16.5. The van der Waals surface area contributed by atoms with Gasteiger partial charge in [0, 0.05) is 22.7 Å². The van der Waals surface area contributed by atoms with Crippen LogP contribution in [0.4, 0.5) is 0 Å². The topological polar surface area (TPSA) is 26.3 Å². The molecule has 2 heteroatoms. The van der Waals surface area contributed by atoms with Gasteiger partial charge in [0.2, 0.25) is 0 Å². The molecule has 0 N–H and O–H groups in total. The zero-order valence-electron chi connectivity index (χ0n) is 42.3. The number of carbonyl (C=O) groups excluding carboxylic acids is 1. The molecule has 1 unspecified atom stereocenters. The lowest BCUT2D eigenvalue weighted by atomic mass is 9.68. The van der Waals surface area contributed by atoms with Crippen molar-refractivity contribution in [2.45, 2.75) is 48.5 Å². The van der Waals surface area contributed by atoms with Crippen molar-refractivity contribution >= 4 is 297 Å². The Morgan fingerprint density at radius 3 is 0.753 bits per heavy atom. The third-order valence-corrected chi connectivity index (χ3v) is 28.3. The zero-order valence-corrected chi connectivity index (χ0v) is 42.3. The van der Waals surface area contributed by atoms with Gasteiger partial charge in [-0.1, -0.05) is 60.7 Å². The summed E-state index contributed by atoms with van der Waals surface area (Å²) >= 11 is 0. The Morgan fingerprint density at radius 1 is 0.309 bits per heavy atom. The summed E-state index contributed by atoms with van der Waals surface area (Å²) in [5, 5.41) is 88.1. The molecule has 30 aromatic rings. The number of hydrogen-bond acceptors (Lipinski definition) is 2. The van der Waals surface area contributed by atoms with Crippen molar-refractivity contribution in [1.29, 1.82) is 0 Å². The highest BCUT2D eigenvalue weighted by Gasteiger charge is 2.94. The van der Waals surface area contributed by atoms with Crippen LogP contribution < -0.4 is 0 Å². The predicted octanol–water partition coefficient (Wildman–Crippen LogP) is 20.7. The van der Waals surface area contributed by atoms with Crippen molar-refractivity contribution in [3.8, 4) is 0 Å². The first-order valence-electron chi connectivity index (χ1n) is 30.3. The van der Waals surface area contributed by atoms with Gasteiger partial charge in [-0.05, 0) is 344 Å². The van der Waals surface area contributed by atoms with E-state index in [-0.39, 0.29) is 28.3 Å². The molecule has 35 rings (SSSR count). The van der Waals surface area contributed by atoms with E-state index in [1.807, 2.05) is 6.07 Å². The van der Waals surface area contributed by atoms with Crippen LogP contribution in [0.3, 0.4) is 0 Å². The van der Waals surface area contributed by atoms with Crippen LogP contribution in [0.15, 0.2) is 60.7 Å². The fraction of sp³-hybridized carbons (Fsp3) is 0.101. The third kappa shape index (κ3) is 1.90. The summed E-state index contributed by atoms with van der Waals surface area (Å²) in [5.41, 5.74) is 8.23. The van der Waals surface area contributed by atoms with Crippen molar-refractivity contribution < 1.29 is 9.53 Å². The summed E-state index contributed by atoms with van der Waals surface area (Å²) in [6.07, 6.45) is 1.77. The van der Waals surface area contributed by atoms with E-state index < -0.39 is 0 Å². The molecule has 5 aliphatic rings. The lowest BCUT2D eigenvalue weighted by Crippen LogP contribution is -2.27. The van der Waals surface area contributed by atoms with Crippen LogP contribution in [-0.4, -0.2) is 5.97 Å². The van der Waals surface area contributed by atoms with Crippen LogP contribution in [0.1, 0.15) is 65.7 Å². The van der Waals surface area contributed by atoms with E-state index in [9.17, 15) is 4.79 Å².